The predicted octanol–water partition coefficient (Wildman–Crippen LogP) is 0.275. The molecule has 22 heavy (non-hydrogen) atoms. The highest BCUT2D eigenvalue weighted by Crippen LogP contribution is 2.12. The summed E-state index contributed by atoms with van der Waals surface area (Å²) in [4.78, 5) is 16.8. The van der Waals surface area contributed by atoms with Gasteiger partial charge >= 0.3 is 0 Å². The van der Waals surface area contributed by atoms with Gasteiger partial charge in [-0.25, -0.2) is 4.98 Å². The molecule has 1 N–H and O–H groups in total. The van der Waals surface area contributed by atoms with Crippen molar-refractivity contribution in [2.45, 2.75) is 32.9 Å². The maximum atomic E-state index is 12.5. The molecule has 3 rings (SSSR count). The van der Waals surface area contributed by atoms with Crippen molar-refractivity contribution in [1.82, 2.24) is 24.9 Å². The second-order valence-electron chi connectivity index (χ2n) is 5.31. The van der Waals surface area contributed by atoms with Crippen LogP contribution in [-0.4, -0.2) is 57.5 Å². The molecule has 8 heteroatoms. The quantitative estimate of drug-likeness (QED) is 0.872. The van der Waals surface area contributed by atoms with Crippen molar-refractivity contribution in [2.75, 3.05) is 19.8 Å². The number of nitrogens with one attached hydrogen (secondary N) is 1. The molecular formula is C14H19N5O3. The van der Waals surface area contributed by atoms with Crippen molar-refractivity contribution < 1.29 is 14.3 Å². The third-order valence-electron chi connectivity index (χ3n) is 3.62. The molecule has 118 valence electrons. The van der Waals surface area contributed by atoms with Crippen molar-refractivity contribution in [2.24, 2.45) is 0 Å². The number of hydrogen-bond donors (Lipinski definition) is 1. The molecule has 1 aliphatic heterocycles. The Hall–Kier alpha value is -2.06. The number of ether oxygens (including phenoxy) is 2. The summed E-state index contributed by atoms with van der Waals surface area (Å²) in [5.41, 5.74) is 1.70. The predicted molar refractivity (Wildman–Crippen MR) is 77.7 cm³/mol. The number of fused-ring (bicyclic) bond motifs is 1. The van der Waals surface area contributed by atoms with E-state index in [9.17, 15) is 4.79 Å². The first kappa shape index (κ1) is 14.9. The largest absolute Gasteiger partial charge is 0.376 e. The number of carbonyl (C=O) groups is 1. The van der Waals surface area contributed by atoms with Crippen LogP contribution in [0.4, 0.5) is 0 Å². The number of carbonyl (C=O) groups excluding carboxylic acids is 1. The Balaban J connectivity index is 1.84. The van der Waals surface area contributed by atoms with Crippen molar-refractivity contribution in [3.63, 3.8) is 0 Å². The highest BCUT2D eigenvalue weighted by molar-refractivity contribution is 5.91. The molecule has 1 aliphatic rings. The molecule has 0 aliphatic carbocycles. The van der Waals surface area contributed by atoms with Crippen molar-refractivity contribution in [3.05, 3.63) is 23.3 Å². The van der Waals surface area contributed by atoms with Gasteiger partial charge in [0.1, 0.15) is 6.10 Å². The van der Waals surface area contributed by atoms with E-state index in [0.717, 1.165) is 11.4 Å². The van der Waals surface area contributed by atoms with Crippen LogP contribution in [0.5, 0.6) is 0 Å². The minimum Gasteiger partial charge on any atom is -0.376 e. The number of rotatable bonds is 4. The minimum absolute atomic E-state index is 0.130. The van der Waals surface area contributed by atoms with Gasteiger partial charge in [0.2, 0.25) is 5.82 Å². The summed E-state index contributed by atoms with van der Waals surface area (Å²) in [5.74, 6) is 0.343. The molecule has 1 saturated heterocycles. The van der Waals surface area contributed by atoms with Crippen LogP contribution in [-0.2, 0) is 9.47 Å². The van der Waals surface area contributed by atoms with Crippen LogP contribution < -0.4 is 5.32 Å². The van der Waals surface area contributed by atoms with E-state index in [2.05, 4.69) is 20.5 Å². The normalized spacial score (nSPS) is 21.4. The zero-order chi connectivity index (χ0) is 15.7. The molecule has 1 amide bonds. The molecule has 0 radical (unpaired) electrons. The second kappa shape index (κ2) is 5.98. The molecule has 1 fully saturated rings. The summed E-state index contributed by atoms with van der Waals surface area (Å²) in [6.07, 6.45) is -0.130. The van der Waals surface area contributed by atoms with Crippen molar-refractivity contribution in [3.8, 4) is 0 Å². The number of amides is 1. The third-order valence-corrected chi connectivity index (χ3v) is 3.62. The Morgan fingerprint density at radius 2 is 2.27 bits per heavy atom. The maximum Gasteiger partial charge on any atom is 0.290 e. The molecule has 0 aromatic carbocycles. The third kappa shape index (κ3) is 2.67. The van der Waals surface area contributed by atoms with E-state index in [-0.39, 0.29) is 23.9 Å². The van der Waals surface area contributed by atoms with Gasteiger partial charge in [-0.3, -0.25) is 9.20 Å². The summed E-state index contributed by atoms with van der Waals surface area (Å²) >= 11 is 0. The lowest BCUT2D eigenvalue weighted by Crippen LogP contribution is -2.44. The van der Waals surface area contributed by atoms with E-state index in [4.69, 9.17) is 9.47 Å². The molecule has 8 nitrogen and oxygen atoms in total. The Labute approximate surface area is 127 Å². The summed E-state index contributed by atoms with van der Waals surface area (Å²) in [7, 11) is 0. The van der Waals surface area contributed by atoms with E-state index in [1.54, 1.807) is 4.40 Å². The van der Waals surface area contributed by atoms with Crippen LogP contribution in [0.3, 0.4) is 0 Å². The average Bonchev–Trinajstić information content (AvgIpc) is 3.06. The van der Waals surface area contributed by atoms with Gasteiger partial charge in [0, 0.05) is 18.0 Å². The van der Waals surface area contributed by atoms with Crippen molar-refractivity contribution >= 4 is 11.7 Å². The Morgan fingerprint density at radius 1 is 1.45 bits per heavy atom. The first-order valence-corrected chi connectivity index (χ1v) is 7.29. The SMILES string of the molecule is CCO[C@@H]1COC[C@H]1NC(=O)c1nnc2nc(C)cc(C)n12. The van der Waals surface area contributed by atoms with Gasteiger partial charge in [0.25, 0.3) is 11.7 Å². The summed E-state index contributed by atoms with van der Waals surface area (Å²) < 4.78 is 12.6. The van der Waals surface area contributed by atoms with Crippen LogP contribution in [0.2, 0.25) is 0 Å². The van der Waals surface area contributed by atoms with E-state index in [0.29, 0.717) is 25.6 Å². The highest BCUT2D eigenvalue weighted by atomic mass is 16.5. The molecule has 2 aromatic rings. The first-order chi connectivity index (χ1) is 10.6. The average molecular weight is 305 g/mol. The Morgan fingerprint density at radius 3 is 3.05 bits per heavy atom. The number of aromatic nitrogens is 4. The maximum absolute atomic E-state index is 12.5. The van der Waals surface area contributed by atoms with E-state index in [1.807, 2.05) is 26.8 Å². The molecule has 3 heterocycles. The first-order valence-electron chi connectivity index (χ1n) is 7.29. The van der Waals surface area contributed by atoms with Gasteiger partial charge in [-0.05, 0) is 26.8 Å². The molecule has 2 aromatic heterocycles. The summed E-state index contributed by atoms with van der Waals surface area (Å²) in [6.45, 7) is 7.19. The van der Waals surface area contributed by atoms with Gasteiger partial charge in [-0.1, -0.05) is 0 Å². The van der Waals surface area contributed by atoms with Crippen molar-refractivity contribution in [1.29, 1.82) is 0 Å². The smallest absolute Gasteiger partial charge is 0.290 e. The molecule has 0 unspecified atom stereocenters. The van der Waals surface area contributed by atoms with Crippen LogP contribution in [0, 0.1) is 13.8 Å². The van der Waals surface area contributed by atoms with Gasteiger partial charge < -0.3 is 14.8 Å². The second-order valence-corrected chi connectivity index (χ2v) is 5.31. The van der Waals surface area contributed by atoms with Crippen LogP contribution in [0.15, 0.2) is 6.07 Å². The Kier molecular flexibility index (Phi) is 4.04. The zero-order valence-electron chi connectivity index (χ0n) is 12.9. The Bertz CT molecular complexity index is 699. The fourth-order valence-corrected chi connectivity index (χ4v) is 2.66. The lowest BCUT2D eigenvalue weighted by molar-refractivity contribution is 0.0401. The molecule has 2 atom stereocenters. The number of hydrogen-bond acceptors (Lipinski definition) is 6. The van der Waals surface area contributed by atoms with Crippen LogP contribution in [0.25, 0.3) is 5.78 Å². The minimum atomic E-state index is -0.304. The van der Waals surface area contributed by atoms with E-state index in [1.165, 1.54) is 0 Å². The molecule has 0 bridgehead atoms. The van der Waals surface area contributed by atoms with E-state index < -0.39 is 0 Å². The summed E-state index contributed by atoms with van der Waals surface area (Å²) in [6, 6.07) is 1.70. The lowest BCUT2D eigenvalue weighted by atomic mass is 10.2. The van der Waals surface area contributed by atoms with E-state index >= 15 is 0 Å². The monoisotopic (exact) mass is 305 g/mol. The van der Waals surface area contributed by atoms with Gasteiger partial charge in [0.05, 0.1) is 19.3 Å². The van der Waals surface area contributed by atoms with Gasteiger partial charge in [-0.15, -0.1) is 10.2 Å². The standard InChI is InChI=1S/C14H19N5O3/c1-4-22-11-7-21-6-10(11)16-13(20)12-17-18-14-15-8(2)5-9(3)19(12)14/h5,10-11H,4,6-7H2,1-3H3,(H,16,20)/t10-,11-/m1/s1. The fraction of sp³-hybridized carbons (Fsp3) is 0.571. The fourth-order valence-electron chi connectivity index (χ4n) is 2.66. The lowest BCUT2D eigenvalue weighted by Gasteiger charge is -2.18. The highest BCUT2D eigenvalue weighted by Gasteiger charge is 2.31. The number of aryl methyl sites for hydroxylation is 2. The molecular weight excluding hydrogens is 286 g/mol. The zero-order valence-corrected chi connectivity index (χ0v) is 12.9. The topological polar surface area (TPSA) is 90.6 Å². The summed E-state index contributed by atoms with van der Waals surface area (Å²) in [5, 5.41) is 10.8. The molecule has 0 spiro atoms. The van der Waals surface area contributed by atoms with Gasteiger partial charge in [0.15, 0.2) is 0 Å². The van der Waals surface area contributed by atoms with Crippen LogP contribution in [0.1, 0.15) is 28.9 Å². The molecule has 0 saturated carbocycles. The van der Waals surface area contributed by atoms with Crippen LogP contribution >= 0.6 is 0 Å². The number of nitrogens with zero attached hydrogens (tertiary/aromatic N) is 4. The van der Waals surface area contributed by atoms with Gasteiger partial charge in [-0.2, -0.15) is 0 Å².